The van der Waals surface area contributed by atoms with Gasteiger partial charge in [-0.15, -0.1) is 11.6 Å². The normalized spacial score (nSPS) is 18.1. The zero-order valence-electron chi connectivity index (χ0n) is 13.0. The van der Waals surface area contributed by atoms with E-state index in [1.165, 1.54) is 37.7 Å². The van der Waals surface area contributed by atoms with Crippen LogP contribution < -0.4 is 0 Å². The van der Waals surface area contributed by atoms with Crippen LogP contribution >= 0.6 is 11.6 Å². The lowest BCUT2D eigenvalue weighted by Gasteiger charge is -2.34. The van der Waals surface area contributed by atoms with E-state index in [1.807, 2.05) is 6.07 Å². The molecule has 2 rings (SSSR count). The Kier molecular flexibility index (Phi) is 6.93. The first-order chi connectivity index (χ1) is 8.96. The Morgan fingerprint density at radius 2 is 1.42 bits per heavy atom. The van der Waals surface area contributed by atoms with E-state index in [-0.39, 0.29) is 4.87 Å². The number of benzene rings is 1. The Morgan fingerprint density at radius 3 is 1.74 bits per heavy atom. The molecular formula is C18H29Cl. The predicted octanol–water partition coefficient (Wildman–Crippen LogP) is 6.39. The SMILES string of the molecule is CC(C)C1(Cl)CCCCC1.CC(C)c1ccccc1. The van der Waals surface area contributed by atoms with Crippen molar-refractivity contribution < 1.29 is 0 Å². The first kappa shape index (κ1) is 16.6. The van der Waals surface area contributed by atoms with Gasteiger partial charge in [0.1, 0.15) is 0 Å². The molecule has 0 N–H and O–H groups in total. The molecule has 0 heterocycles. The highest BCUT2D eigenvalue weighted by Gasteiger charge is 2.32. The summed E-state index contributed by atoms with van der Waals surface area (Å²) in [5, 5.41) is 0. The largest absolute Gasteiger partial charge is 0.119 e. The summed E-state index contributed by atoms with van der Waals surface area (Å²) in [5.74, 6) is 1.31. The second kappa shape index (κ2) is 7.94. The third kappa shape index (κ3) is 5.57. The van der Waals surface area contributed by atoms with E-state index in [0.717, 1.165) is 0 Å². The molecule has 1 heteroatoms. The molecule has 1 aliphatic carbocycles. The number of hydrogen-bond donors (Lipinski definition) is 0. The monoisotopic (exact) mass is 280 g/mol. The van der Waals surface area contributed by atoms with Crippen LogP contribution in [0.15, 0.2) is 30.3 Å². The summed E-state index contributed by atoms with van der Waals surface area (Å²) >= 11 is 6.41. The van der Waals surface area contributed by atoms with Gasteiger partial charge in [-0.1, -0.05) is 77.3 Å². The first-order valence-electron chi connectivity index (χ1n) is 7.69. The molecule has 108 valence electrons. The fourth-order valence-corrected chi connectivity index (χ4v) is 2.82. The molecule has 0 bridgehead atoms. The lowest BCUT2D eigenvalue weighted by atomic mass is 9.81. The maximum Gasteiger partial charge on any atom is 0.0469 e. The van der Waals surface area contributed by atoms with Gasteiger partial charge in [0.05, 0.1) is 0 Å². The van der Waals surface area contributed by atoms with E-state index in [9.17, 15) is 0 Å². The number of alkyl halides is 1. The van der Waals surface area contributed by atoms with Gasteiger partial charge in [-0.25, -0.2) is 0 Å². The predicted molar refractivity (Wildman–Crippen MR) is 87.0 cm³/mol. The molecule has 0 nitrogen and oxygen atoms in total. The maximum absolute atomic E-state index is 6.41. The van der Waals surface area contributed by atoms with Crippen LogP contribution in [0.25, 0.3) is 0 Å². The van der Waals surface area contributed by atoms with Crippen LogP contribution in [0.2, 0.25) is 0 Å². The van der Waals surface area contributed by atoms with Gasteiger partial charge in [-0.2, -0.15) is 0 Å². The Bertz CT molecular complexity index is 334. The van der Waals surface area contributed by atoms with Crippen LogP contribution in [0.3, 0.4) is 0 Å². The van der Waals surface area contributed by atoms with Crippen molar-refractivity contribution in [3.8, 4) is 0 Å². The summed E-state index contributed by atoms with van der Waals surface area (Å²) in [5.41, 5.74) is 1.41. The van der Waals surface area contributed by atoms with E-state index in [0.29, 0.717) is 11.8 Å². The molecule has 0 amide bonds. The molecule has 0 aliphatic heterocycles. The van der Waals surface area contributed by atoms with Crippen molar-refractivity contribution in [3.05, 3.63) is 35.9 Å². The van der Waals surface area contributed by atoms with Crippen molar-refractivity contribution >= 4 is 11.6 Å². The number of halogens is 1. The van der Waals surface area contributed by atoms with Crippen molar-refractivity contribution in [3.63, 3.8) is 0 Å². The molecule has 1 aromatic rings. The zero-order chi connectivity index (χ0) is 14.3. The van der Waals surface area contributed by atoms with Crippen molar-refractivity contribution in [2.75, 3.05) is 0 Å². The van der Waals surface area contributed by atoms with Gasteiger partial charge in [0, 0.05) is 4.87 Å². The molecule has 1 fully saturated rings. The van der Waals surface area contributed by atoms with Gasteiger partial charge >= 0.3 is 0 Å². The van der Waals surface area contributed by atoms with Crippen molar-refractivity contribution in [1.29, 1.82) is 0 Å². The average Bonchev–Trinajstić information content (AvgIpc) is 2.41. The van der Waals surface area contributed by atoms with Crippen LogP contribution in [-0.4, -0.2) is 4.87 Å². The second-order valence-electron chi connectivity index (χ2n) is 6.32. The maximum atomic E-state index is 6.41. The third-order valence-electron chi connectivity index (χ3n) is 4.19. The minimum Gasteiger partial charge on any atom is -0.119 e. The van der Waals surface area contributed by atoms with E-state index in [4.69, 9.17) is 11.6 Å². The molecule has 0 atom stereocenters. The van der Waals surface area contributed by atoms with Crippen molar-refractivity contribution in [2.24, 2.45) is 5.92 Å². The molecule has 1 aliphatic rings. The molecule has 0 spiro atoms. The lowest BCUT2D eigenvalue weighted by Crippen LogP contribution is -2.30. The Hall–Kier alpha value is -0.490. The minimum absolute atomic E-state index is 0.151. The molecule has 1 aromatic carbocycles. The van der Waals surface area contributed by atoms with Crippen LogP contribution in [0, 0.1) is 5.92 Å². The molecule has 1 saturated carbocycles. The highest BCUT2D eigenvalue weighted by atomic mass is 35.5. The van der Waals surface area contributed by atoms with Crippen LogP contribution in [0.4, 0.5) is 0 Å². The van der Waals surface area contributed by atoms with Gasteiger partial charge < -0.3 is 0 Å². The molecule has 0 unspecified atom stereocenters. The average molecular weight is 281 g/mol. The van der Waals surface area contributed by atoms with Crippen LogP contribution in [-0.2, 0) is 0 Å². The lowest BCUT2D eigenvalue weighted by molar-refractivity contribution is 0.311. The third-order valence-corrected chi connectivity index (χ3v) is 5.00. The van der Waals surface area contributed by atoms with E-state index >= 15 is 0 Å². The quantitative estimate of drug-likeness (QED) is 0.550. The summed E-state index contributed by atoms with van der Waals surface area (Å²) in [6.07, 6.45) is 6.52. The topological polar surface area (TPSA) is 0 Å². The van der Waals surface area contributed by atoms with Crippen molar-refractivity contribution in [1.82, 2.24) is 0 Å². The van der Waals surface area contributed by atoms with Gasteiger partial charge in [-0.05, 0) is 30.2 Å². The first-order valence-corrected chi connectivity index (χ1v) is 8.07. The summed E-state index contributed by atoms with van der Waals surface area (Å²) in [6.45, 7) is 8.88. The smallest absolute Gasteiger partial charge is 0.0469 e. The van der Waals surface area contributed by atoms with Gasteiger partial charge in [0.15, 0.2) is 0 Å². The number of hydrogen-bond acceptors (Lipinski definition) is 0. The van der Waals surface area contributed by atoms with Crippen molar-refractivity contribution in [2.45, 2.75) is 70.6 Å². The summed E-state index contributed by atoms with van der Waals surface area (Å²) in [7, 11) is 0. The molecule has 0 saturated heterocycles. The summed E-state index contributed by atoms with van der Waals surface area (Å²) in [4.78, 5) is 0.151. The summed E-state index contributed by atoms with van der Waals surface area (Å²) in [6, 6.07) is 10.5. The highest BCUT2D eigenvalue weighted by Crippen LogP contribution is 2.39. The van der Waals surface area contributed by atoms with Crippen LogP contribution in [0.1, 0.15) is 71.3 Å². The molecule has 0 aromatic heterocycles. The molecule has 19 heavy (non-hydrogen) atoms. The Morgan fingerprint density at radius 1 is 0.895 bits per heavy atom. The number of rotatable bonds is 2. The van der Waals surface area contributed by atoms with E-state index < -0.39 is 0 Å². The van der Waals surface area contributed by atoms with Crippen LogP contribution in [0.5, 0.6) is 0 Å². The molecule has 0 radical (unpaired) electrons. The van der Waals surface area contributed by atoms with Gasteiger partial charge in [0.25, 0.3) is 0 Å². The van der Waals surface area contributed by atoms with Gasteiger partial charge in [0.2, 0.25) is 0 Å². The zero-order valence-corrected chi connectivity index (χ0v) is 13.7. The Balaban J connectivity index is 0.000000191. The molecular weight excluding hydrogens is 252 g/mol. The highest BCUT2D eigenvalue weighted by molar-refractivity contribution is 6.24. The summed E-state index contributed by atoms with van der Waals surface area (Å²) < 4.78 is 0. The minimum atomic E-state index is 0.151. The van der Waals surface area contributed by atoms with Gasteiger partial charge in [-0.3, -0.25) is 0 Å². The van der Waals surface area contributed by atoms with E-state index in [2.05, 4.69) is 52.0 Å². The standard InChI is InChI=1S/C9H17Cl.C9H12/c1-8(2)9(10)6-4-3-5-7-9;1-8(2)9-6-4-3-5-7-9/h8H,3-7H2,1-2H3;3-8H,1-2H3. The van der Waals surface area contributed by atoms with E-state index in [1.54, 1.807) is 0 Å². The second-order valence-corrected chi connectivity index (χ2v) is 7.07. The fourth-order valence-electron chi connectivity index (χ4n) is 2.55. The Labute approximate surface area is 124 Å². The fraction of sp³-hybridized carbons (Fsp3) is 0.667.